The van der Waals surface area contributed by atoms with Crippen LogP contribution in [0, 0.1) is 27.7 Å². The minimum atomic E-state index is -0.821. The van der Waals surface area contributed by atoms with Gasteiger partial charge < -0.3 is 39.4 Å². The summed E-state index contributed by atoms with van der Waals surface area (Å²) in [5.41, 5.74) is 7.72. The second-order valence-electron chi connectivity index (χ2n) is 18.4. The average Bonchev–Trinajstić information content (AvgIpc) is 3.69. The molecule has 0 bridgehead atoms. The Morgan fingerprint density at radius 1 is 0.641 bits per heavy atom. The lowest BCUT2D eigenvalue weighted by Gasteiger charge is -2.24. The van der Waals surface area contributed by atoms with Gasteiger partial charge in [-0.25, -0.2) is 4.79 Å². The largest absolute Gasteiger partial charge is 0.452 e. The lowest BCUT2D eigenvalue weighted by molar-refractivity contribution is -0.153. The van der Waals surface area contributed by atoms with Gasteiger partial charge in [0.2, 0.25) is 0 Å². The van der Waals surface area contributed by atoms with Crippen LogP contribution in [0.15, 0.2) is 91.1 Å². The Morgan fingerprint density at radius 2 is 1.11 bits per heavy atom. The van der Waals surface area contributed by atoms with E-state index in [0.717, 1.165) is 33.4 Å². The first-order valence-corrected chi connectivity index (χ1v) is 22.4. The molecule has 4 heterocycles. The first-order chi connectivity index (χ1) is 30.3. The molecule has 4 aliphatic heterocycles. The van der Waals surface area contributed by atoms with Gasteiger partial charge in [-0.3, -0.25) is 9.59 Å². The molecule has 0 aliphatic carbocycles. The molecular weight excluding hydrogens is 809 g/mol. The van der Waals surface area contributed by atoms with Crippen molar-refractivity contribution in [2.45, 2.75) is 155 Å². The SMILES string of the molecule is Cc1cc(C)c2c(c1)/C=C/C[C@@H]1OC(C)(C)O[C@@H]1C(O)/C=C\CC(C)NC2=O.Cc1cc(C)c2c(c1)/C=C/C[C@@H]1OC(C)(C)O[C@@H]1C(OC(=O)c1ccccc1)/C=C\CC(C)NC2=O. The number of aliphatic hydroxyl groups is 1. The van der Waals surface area contributed by atoms with Crippen LogP contribution in [0.25, 0.3) is 12.2 Å². The third-order valence-corrected chi connectivity index (χ3v) is 11.6. The van der Waals surface area contributed by atoms with Gasteiger partial charge in [0.1, 0.15) is 24.4 Å². The highest BCUT2D eigenvalue weighted by molar-refractivity contribution is 6.00. The molecule has 3 N–H and O–H groups in total. The molecular formula is C53H66N2O9. The van der Waals surface area contributed by atoms with Crippen LogP contribution in [0.2, 0.25) is 0 Å². The smallest absolute Gasteiger partial charge is 0.338 e. The van der Waals surface area contributed by atoms with E-state index in [1.165, 1.54) is 0 Å². The van der Waals surface area contributed by atoms with Crippen molar-refractivity contribution in [3.8, 4) is 0 Å². The van der Waals surface area contributed by atoms with Crippen LogP contribution in [0.3, 0.4) is 0 Å². The summed E-state index contributed by atoms with van der Waals surface area (Å²) in [5, 5.41) is 16.8. The summed E-state index contributed by atoms with van der Waals surface area (Å²) in [6, 6.07) is 16.8. The zero-order valence-electron chi connectivity index (χ0n) is 39.0. The van der Waals surface area contributed by atoms with E-state index in [2.05, 4.69) is 10.6 Å². The predicted molar refractivity (Wildman–Crippen MR) is 250 cm³/mol. The van der Waals surface area contributed by atoms with E-state index in [9.17, 15) is 19.5 Å². The van der Waals surface area contributed by atoms with Crippen molar-refractivity contribution in [2.75, 3.05) is 0 Å². The fraction of sp³-hybridized carbons (Fsp3) is 0.453. The fourth-order valence-electron chi connectivity index (χ4n) is 8.84. The van der Waals surface area contributed by atoms with E-state index in [-0.39, 0.29) is 36.1 Å². The van der Waals surface area contributed by atoms with Gasteiger partial charge >= 0.3 is 5.97 Å². The molecule has 0 aromatic heterocycles. The number of aliphatic hydroxyl groups excluding tert-OH is 1. The number of fused-ring (bicyclic) bond motifs is 4. The number of carbonyl (C=O) groups is 3. The molecule has 11 nitrogen and oxygen atoms in total. The number of nitrogens with one attached hydrogen (secondary N) is 2. The van der Waals surface area contributed by atoms with Crippen molar-refractivity contribution in [3.63, 3.8) is 0 Å². The topological polar surface area (TPSA) is 142 Å². The van der Waals surface area contributed by atoms with Crippen LogP contribution in [-0.2, 0) is 23.7 Å². The highest BCUT2D eigenvalue weighted by Crippen LogP contribution is 2.35. The molecule has 0 radical (unpaired) electrons. The number of esters is 1. The number of amides is 2. The molecule has 2 amide bonds. The molecule has 0 spiro atoms. The summed E-state index contributed by atoms with van der Waals surface area (Å²) in [5.74, 6) is -2.15. The van der Waals surface area contributed by atoms with Crippen LogP contribution in [0.5, 0.6) is 0 Å². The van der Waals surface area contributed by atoms with E-state index in [4.69, 9.17) is 23.7 Å². The molecule has 3 aromatic rings. The fourth-order valence-corrected chi connectivity index (χ4v) is 8.84. The number of hydrogen-bond acceptors (Lipinski definition) is 9. The maximum Gasteiger partial charge on any atom is 0.338 e. The van der Waals surface area contributed by atoms with Crippen LogP contribution >= 0.6 is 0 Å². The summed E-state index contributed by atoms with van der Waals surface area (Å²) in [4.78, 5) is 39.0. The molecule has 64 heavy (non-hydrogen) atoms. The minimum Gasteiger partial charge on any atom is -0.452 e. The molecule has 2 fully saturated rings. The highest BCUT2D eigenvalue weighted by Gasteiger charge is 2.46. The molecule has 0 saturated carbocycles. The molecule has 4 unspecified atom stereocenters. The van der Waals surface area contributed by atoms with Crippen molar-refractivity contribution >= 4 is 29.9 Å². The maximum absolute atomic E-state index is 13.2. The van der Waals surface area contributed by atoms with Crippen molar-refractivity contribution in [2.24, 2.45) is 0 Å². The summed E-state index contributed by atoms with van der Waals surface area (Å²) in [6.45, 7) is 19.4. The minimum absolute atomic E-state index is 0.0515. The second-order valence-corrected chi connectivity index (χ2v) is 18.4. The van der Waals surface area contributed by atoms with Crippen LogP contribution in [-0.4, -0.2) is 83.2 Å². The Bertz CT molecular complexity index is 2280. The lowest BCUT2D eigenvalue weighted by Crippen LogP contribution is -2.38. The average molecular weight is 875 g/mol. The Labute approximate surface area is 378 Å². The van der Waals surface area contributed by atoms with E-state index in [0.29, 0.717) is 42.4 Å². The molecule has 342 valence electrons. The van der Waals surface area contributed by atoms with E-state index in [1.807, 2.05) is 142 Å². The van der Waals surface area contributed by atoms with Crippen LogP contribution in [0.4, 0.5) is 0 Å². The van der Waals surface area contributed by atoms with Crippen molar-refractivity contribution in [3.05, 3.63) is 141 Å². The zero-order valence-corrected chi connectivity index (χ0v) is 39.0. The van der Waals surface area contributed by atoms with E-state index < -0.39 is 42.0 Å². The van der Waals surface area contributed by atoms with Gasteiger partial charge in [-0.1, -0.05) is 96.1 Å². The monoisotopic (exact) mass is 874 g/mol. The van der Waals surface area contributed by atoms with Gasteiger partial charge in [0.25, 0.3) is 11.8 Å². The summed E-state index contributed by atoms with van der Waals surface area (Å²) >= 11 is 0. The third kappa shape index (κ3) is 12.5. The maximum atomic E-state index is 13.2. The Morgan fingerprint density at radius 3 is 1.62 bits per heavy atom. The van der Waals surface area contributed by atoms with Crippen molar-refractivity contribution < 1.29 is 43.2 Å². The molecule has 2 saturated heterocycles. The normalized spacial score (nSPS) is 29.8. The van der Waals surface area contributed by atoms with E-state index >= 15 is 0 Å². The molecule has 4 aliphatic rings. The number of aryl methyl sites for hydroxylation is 4. The number of carbonyl (C=O) groups excluding carboxylic acids is 3. The standard InChI is InChI=1S/C30H35NO5.C23H31NO4/c1-19-17-20(2)26-23(18-19)14-10-16-25-27(36-30(4,5)35-25)24(15-9-11-21(3)31-28(26)32)34-29(33)22-12-7-6-8-13-22;1-14-12-15(2)20-17(13-14)9-7-11-19-21(28-23(4,5)27-19)18(25)10-6-8-16(3)24-22(20)26/h6-10,12-15,17-18,21,24-25,27H,11,16H2,1-5H3,(H,31,32);6-7,9-10,12-13,16,18-19,21,25H,8,11H2,1-5H3,(H,24,26)/b14-10+,15-9-;9-7+,10-6-/t21?,24?,25-,27+;16?,18?,19-,21+/m00/s1. The number of benzene rings is 3. The number of ether oxygens (including phenoxy) is 5. The Kier molecular flexibility index (Phi) is 15.7. The van der Waals surface area contributed by atoms with Crippen molar-refractivity contribution in [1.82, 2.24) is 10.6 Å². The third-order valence-electron chi connectivity index (χ3n) is 11.6. The molecule has 8 atom stereocenters. The van der Waals surface area contributed by atoms with Crippen LogP contribution in [0.1, 0.15) is 132 Å². The lowest BCUT2D eigenvalue weighted by atomic mass is 9.96. The zero-order chi connectivity index (χ0) is 46.3. The van der Waals surface area contributed by atoms with Crippen molar-refractivity contribution in [1.29, 1.82) is 0 Å². The molecule has 7 rings (SSSR count). The Balaban J connectivity index is 0.000000219. The Hall–Kier alpha value is -5.17. The van der Waals surface area contributed by atoms with Gasteiger partial charge in [-0.05, 0) is 135 Å². The first-order valence-electron chi connectivity index (χ1n) is 22.4. The summed E-state index contributed by atoms with van der Waals surface area (Å²) in [6.07, 6.45) is 14.8. The molecule has 3 aromatic carbocycles. The van der Waals surface area contributed by atoms with E-state index in [1.54, 1.807) is 30.3 Å². The van der Waals surface area contributed by atoms with Gasteiger partial charge in [0, 0.05) is 23.2 Å². The highest BCUT2D eigenvalue weighted by atomic mass is 16.8. The number of hydrogen-bond donors (Lipinski definition) is 3. The van der Waals surface area contributed by atoms with Crippen LogP contribution < -0.4 is 10.6 Å². The summed E-state index contributed by atoms with van der Waals surface area (Å²) in [7, 11) is 0. The van der Waals surface area contributed by atoms with Gasteiger partial charge in [-0.2, -0.15) is 0 Å². The predicted octanol–water partition coefficient (Wildman–Crippen LogP) is 9.20. The second kappa shape index (κ2) is 20.8. The van der Waals surface area contributed by atoms with Gasteiger partial charge in [0.15, 0.2) is 11.6 Å². The molecule has 11 heteroatoms. The van der Waals surface area contributed by atoms with Gasteiger partial charge in [0.05, 0.1) is 17.8 Å². The first kappa shape index (κ1) is 48.3. The summed E-state index contributed by atoms with van der Waals surface area (Å²) < 4.78 is 30.4. The van der Waals surface area contributed by atoms with Gasteiger partial charge in [-0.15, -0.1) is 0 Å². The quantitative estimate of drug-likeness (QED) is 0.170. The number of rotatable bonds is 2.